The van der Waals surface area contributed by atoms with E-state index in [-0.39, 0.29) is 0 Å². The number of anilines is 1. The Kier molecular flexibility index (Phi) is 3.98. The molecule has 0 saturated carbocycles. The van der Waals surface area contributed by atoms with E-state index in [2.05, 4.69) is 0 Å². The Morgan fingerprint density at radius 2 is 1.76 bits per heavy atom. The molecule has 0 spiro atoms. The number of amides is 1. The summed E-state index contributed by atoms with van der Waals surface area (Å²) in [7, 11) is 3.06. The van der Waals surface area contributed by atoms with Crippen molar-refractivity contribution >= 4 is 17.7 Å². The van der Waals surface area contributed by atoms with Crippen molar-refractivity contribution in [2.75, 3.05) is 20.0 Å². The fourth-order valence-electron chi connectivity index (χ4n) is 1.34. The SMILES string of the molecule is COc1cc(N)c(/C=C(\C)C(N)=O)cc1OC. The van der Waals surface area contributed by atoms with Crippen LogP contribution in [0.3, 0.4) is 0 Å². The molecule has 0 fully saturated rings. The van der Waals surface area contributed by atoms with Gasteiger partial charge in [0.25, 0.3) is 0 Å². The third-order valence-corrected chi connectivity index (χ3v) is 2.35. The molecule has 5 heteroatoms. The van der Waals surface area contributed by atoms with Gasteiger partial charge >= 0.3 is 0 Å². The molecule has 0 bridgehead atoms. The zero-order valence-electron chi connectivity index (χ0n) is 10.1. The van der Waals surface area contributed by atoms with Crippen molar-refractivity contribution in [1.29, 1.82) is 0 Å². The summed E-state index contributed by atoms with van der Waals surface area (Å²) in [5.74, 6) is 0.600. The molecule has 1 rings (SSSR count). The molecule has 0 saturated heterocycles. The number of benzene rings is 1. The van der Waals surface area contributed by atoms with Crippen LogP contribution in [0.1, 0.15) is 12.5 Å². The fraction of sp³-hybridized carbons (Fsp3) is 0.250. The van der Waals surface area contributed by atoms with Crippen LogP contribution < -0.4 is 20.9 Å². The molecule has 5 nitrogen and oxygen atoms in total. The van der Waals surface area contributed by atoms with E-state index in [9.17, 15) is 4.79 Å². The van der Waals surface area contributed by atoms with Crippen LogP contribution in [0, 0.1) is 0 Å². The van der Waals surface area contributed by atoms with Crippen molar-refractivity contribution in [2.45, 2.75) is 6.92 Å². The van der Waals surface area contributed by atoms with Gasteiger partial charge in [0, 0.05) is 22.9 Å². The van der Waals surface area contributed by atoms with Crippen LogP contribution in [0.25, 0.3) is 6.08 Å². The van der Waals surface area contributed by atoms with E-state index >= 15 is 0 Å². The van der Waals surface area contributed by atoms with Gasteiger partial charge in [0.05, 0.1) is 14.2 Å². The van der Waals surface area contributed by atoms with Crippen LogP contribution in [0.2, 0.25) is 0 Å². The molecule has 1 aromatic rings. The standard InChI is InChI=1S/C12H16N2O3/c1-7(12(14)15)4-8-5-10(16-2)11(17-3)6-9(8)13/h4-6H,13H2,1-3H3,(H2,14,15)/b7-4+. The van der Waals surface area contributed by atoms with Gasteiger partial charge in [-0.2, -0.15) is 0 Å². The second kappa shape index (κ2) is 5.25. The van der Waals surface area contributed by atoms with Gasteiger partial charge in [-0.3, -0.25) is 4.79 Å². The first-order chi connectivity index (χ1) is 7.99. The summed E-state index contributed by atoms with van der Waals surface area (Å²) in [5.41, 5.74) is 12.6. The Bertz CT molecular complexity index is 467. The van der Waals surface area contributed by atoms with Gasteiger partial charge in [0.15, 0.2) is 11.5 Å². The molecule has 4 N–H and O–H groups in total. The first kappa shape index (κ1) is 12.9. The van der Waals surface area contributed by atoms with Crippen LogP contribution >= 0.6 is 0 Å². The molecule has 0 aliphatic rings. The normalized spacial score (nSPS) is 11.1. The van der Waals surface area contributed by atoms with E-state index in [0.717, 1.165) is 0 Å². The summed E-state index contributed by atoms with van der Waals surface area (Å²) in [4.78, 5) is 10.9. The molecule has 0 unspecified atom stereocenters. The van der Waals surface area contributed by atoms with E-state index in [1.807, 2.05) is 0 Å². The maximum atomic E-state index is 10.9. The molecule has 0 aromatic heterocycles. The lowest BCUT2D eigenvalue weighted by Crippen LogP contribution is -2.11. The lowest BCUT2D eigenvalue weighted by molar-refractivity contribution is -0.114. The first-order valence-electron chi connectivity index (χ1n) is 4.99. The Balaban J connectivity index is 3.26. The summed E-state index contributed by atoms with van der Waals surface area (Å²) in [6.07, 6.45) is 1.61. The summed E-state index contributed by atoms with van der Waals surface area (Å²) < 4.78 is 10.3. The van der Waals surface area contributed by atoms with Crippen molar-refractivity contribution < 1.29 is 14.3 Å². The fourth-order valence-corrected chi connectivity index (χ4v) is 1.34. The highest BCUT2D eigenvalue weighted by Gasteiger charge is 2.08. The zero-order valence-corrected chi connectivity index (χ0v) is 10.1. The molecule has 17 heavy (non-hydrogen) atoms. The highest BCUT2D eigenvalue weighted by atomic mass is 16.5. The van der Waals surface area contributed by atoms with Crippen LogP contribution in [0.15, 0.2) is 17.7 Å². The molecule has 92 valence electrons. The van der Waals surface area contributed by atoms with Crippen LogP contribution in [-0.4, -0.2) is 20.1 Å². The summed E-state index contributed by atoms with van der Waals surface area (Å²) in [6, 6.07) is 3.33. The molecule has 1 aromatic carbocycles. The Hall–Kier alpha value is -2.17. The van der Waals surface area contributed by atoms with Crippen molar-refractivity contribution in [1.82, 2.24) is 0 Å². The quantitative estimate of drug-likeness (QED) is 0.607. The van der Waals surface area contributed by atoms with E-state index in [1.165, 1.54) is 14.2 Å². The Morgan fingerprint density at radius 3 is 2.24 bits per heavy atom. The Labute approximate surface area is 100.0 Å². The average Bonchev–Trinajstić information content (AvgIpc) is 2.30. The van der Waals surface area contributed by atoms with E-state index in [4.69, 9.17) is 20.9 Å². The first-order valence-corrected chi connectivity index (χ1v) is 4.99. The van der Waals surface area contributed by atoms with Crippen molar-refractivity contribution in [3.63, 3.8) is 0 Å². The lowest BCUT2D eigenvalue weighted by atomic mass is 10.1. The molecule has 0 aliphatic carbocycles. The van der Waals surface area contributed by atoms with Gasteiger partial charge < -0.3 is 20.9 Å². The molecule has 1 amide bonds. The van der Waals surface area contributed by atoms with E-state index in [0.29, 0.717) is 28.3 Å². The second-order valence-electron chi connectivity index (χ2n) is 3.53. The highest BCUT2D eigenvalue weighted by Crippen LogP contribution is 2.32. The summed E-state index contributed by atoms with van der Waals surface area (Å²) >= 11 is 0. The lowest BCUT2D eigenvalue weighted by Gasteiger charge is -2.10. The predicted octanol–water partition coefficient (Wildman–Crippen LogP) is 1.17. The monoisotopic (exact) mass is 236 g/mol. The molecule has 0 aliphatic heterocycles. The number of rotatable bonds is 4. The van der Waals surface area contributed by atoms with Gasteiger partial charge in [-0.05, 0) is 19.1 Å². The molecular weight excluding hydrogens is 220 g/mol. The topological polar surface area (TPSA) is 87.6 Å². The van der Waals surface area contributed by atoms with Gasteiger partial charge in [0.1, 0.15) is 0 Å². The number of methoxy groups -OCH3 is 2. The number of carbonyl (C=O) groups is 1. The summed E-state index contributed by atoms with van der Waals surface area (Å²) in [5, 5.41) is 0. The van der Waals surface area contributed by atoms with Gasteiger partial charge in [-0.25, -0.2) is 0 Å². The number of hydrogen-bond donors (Lipinski definition) is 2. The minimum absolute atomic E-state index is 0.420. The number of nitrogen functional groups attached to an aromatic ring is 1. The number of nitrogens with two attached hydrogens (primary N) is 2. The molecule has 0 radical (unpaired) electrons. The van der Waals surface area contributed by atoms with E-state index in [1.54, 1.807) is 25.1 Å². The minimum Gasteiger partial charge on any atom is -0.493 e. The number of ether oxygens (including phenoxy) is 2. The Morgan fingerprint density at radius 1 is 1.24 bits per heavy atom. The number of primary amides is 1. The maximum absolute atomic E-state index is 10.9. The van der Waals surface area contributed by atoms with Crippen LogP contribution in [0.5, 0.6) is 11.5 Å². The largest absolute Gasteiger partial charge is 0.493 e. The number of hydrogen-bond acceptors (Lipinski definition) is 4. The third-order valence-electron chi connectivity index (χ3n) is 2.35. The number of carbonyl (C=O) groups excluding carboxylic acids is 1. The predicted molar refractivity (Wildman–Crippen MR) is 66.8 cm³/mol. The average molecular weight is 236 g/mol. The van der Waals surface area contributed by atoms with Crippen molar-refractivity contribution in [3.8, 4) is 11.5 Å². The smallest absolute Gasteiger partial charge is 0.244 e. The highest BCUT2D eigenvalue weighted by molar-refractivity contribution is 5.96. The molecular formula is C12H16N2O3. The van der Waals surface area contributed by atoms with Crippen molar-refractivity contribution in [3.05, 3.63) is 23.3 Å². The molecule has 0 atom stereocenters. The van der Waals surface area contributed by atoms with Crippen LogP contribution in [0.4, 0.5) is 5.69 Å². The van der Waals surface area contributed by atoms with Gasteiger partial charge in [-0.1, -0.05) is 0 Å². The van der Waals surface area contributed by atoms with Crippen LogP contribution in [-0.2, 0) is 4.79 Å². The molecule has 0 heterocycles. The van der Waals surface area contributed by atoms with Gasteiger partial charge in [0.2, 0.25) is 5.91 Å². The van der Waals surface area contributed by atoms with Crippen molar-refractivity contribution in [2.24, 2.45) is 5.73 Å². The van der Waals surface area contributed by atoms with Gasteiger partial charge in [-0.15, -0.1) is 0 Å². The zero-order chi connectivity index (χ0) is 13.0. The summed E-state index contributed by atoms with van der Waals surface area (Å²) in [6.45, 7) is 1.62. The minimum atomic E-state index is -0.487. The maximum Gasteiger partial charge on any atom is 0.244 e. The van der Waals surface area contributed by atoms with E-state index < -0.39 is 5.91 Å². The third kappa shape index (κ3) is 2.90. The second-order valence-corrected chi connectivity index (χ2v) is 3.53.